The van der Waals surface area contributed by atoms with E-state index in [-0.39, 0.29) is 36.9 Å². The zero-order valence-corrected chi connectivity index (χ0v) is 14.8. The Morgan fingerprint density at radius 2 is 1.85 bits per heavy atom. The highest BCUT2D eigenvalue weighted by molar-refractivity contribution is 5.93. The van der Waals surface area contributed by atoms with Crippen molar-refractivity contribution < 1.29 is 24.0 Å². The average molecular weight is 369 g/mol. The van der Waals surface area contributed by atoms with Crippen LogP contribution in [-0.4, -0.2) is 23.3 Å². The molecule has 0 N–H and O–H groups in total. The second-order valence-electron chi connectivity index (χ2n) is 5.52. The molecule has 0 unspecified atom stereocenters. The molecule has 0 heterocycles. The van der Waals surface area contributed by atoms with Crippen LogP contribution in [-0.2, 0) is 9.59 Å². The van der Waals surface area contributed by atoms with Gasteiger partial charge in [0.05, 0.1) is 11.5 Å². The van der Waals surface area contributed by atoms with Gasteiger partial charge < -0.3 is 9.47 Å². The number of nitro benzene ring substituents is 1. The van der Waals surface area contributed by atoms with Gasteiger partial charge in [0, 0.05) is 25.0 Å². The maximum absolute atomic E-state index is 11.9. The molecule has 2 aromatic carbocycles. The van der Waals surface area contributed by atoms with Gasteiger partial charge in [-0.25, -0.2) is 0 Å². The number of allylic oxidation sites excluding steroid dienone is 1. The first-order valence-corrected chi connectivity index (χ1v) is 8.37. The van der Waals surface area contributed by atoms with Crippen LogP contribution >= 0.6 is 0 Å². The summed E-state index contributed by atoms with van der Waals surface area (Å²) in [5.41, 5.74) is 0.529. The van der Waals surface area contributed by atoms with Crippen LogP contribution in [0.4, 0.5) is 5.69 Å². The largest absolute Gasteiger partial charge is 0.489 e. The Kier molecular flexibility index (Phi) is 7.25. The zero-order valence-electron chi connectivity index (χ0n) is 14.8. The van der Waals surface area contributed by atoms with Crippen LogP contribution < -0.4 is 9.47 Å². The van der Waals surface area contributed by atoms with E-state index in [1.54, 1.807) is 43.3 Å². The number of hydrogen-bond donors (Lipinski definition) is 0. The molecule has 0 saturated heterocycles. The number of carbonyl (C=O) groups is 2. The molecule has 7 nitrogen and oxygen atoms in total. The monoisotopic (exact) mass is 369 g/mol. The van der Waals surface area contributed by atoms with Gasteiger partial charge in [-0.3, -0.25) is 19.7 Å². The van der Waals surface area contributed by atoms with Crippen molar-refractivity contribution in [2.75, 3.05) is 6.61 Å². The molecule has 0 atom stereocenters. The Balaban J connectivity index is 1.89. The molecule has 0 bridgehead atoms. The van der Waals surface area contributed by atoms with Crippen LogP contribution in [0.2, 0.25) is 0 Å². The van der Waals surface area contributed by atoms with Crippen LogP contribution in [0, 0.1) is 10.1 Å². The van der Waals surface area contributed by atoms with Gasteiger partial charge in [-0.05, 0) is 23.8 Å². The van der Waals surface area contributed by atoms with E-state index in [0.29, 0.717) is 17.1 Å². The summed E-state index contributed by atoms with van der Waals surface area (Å²) in [6, 6.07) is 12.7. The molecule has 140 valence electrons. The fraction of sp³-hybridized carbons (Fsp3) is 0.200. The van der Waals surface area contributed by atoms with E-state index < -0.39 is 4.92 Å². The third-order valence-corrected chi connectivity index (χ3v) is 3.51. The summed E-state index contributed by atoms with van der Waals surface area (Å²) in [5, 5.41) is 10.7. The number of non-ortho nitro benzene ring substituents is 1. The van der Waals surface area contributed by atoms with Crippen LogP contribution in [0.15, 0.2) is 54.6 Å². The Labute approximate surface area is 156 Å². The predicted molar refractivity (Wildman–Crippen MR) is 99.6 cm³/mol. The summed E-state index contributed by atoms with van der Waals surface area (Å²) >= 11 is 0. The minimum Gasteiger partial charge on any atom is -0.489 e. The molecule has 0 aliphatic carbocycles. The molecule has 27 heavy (non-hydrogen) atoms. The number of rotatable bonds is 9. The van der Waals surface area contributed by atoms with Crippen molar-refractivity contribution in [3.05, 3.63) is 70.3 Å². The Bertz CT molecular complexity index is 859. The molecule has 0 radical (unpaired) electrons. The van der Waals surface area contributed by atoms with Crippen molar-refractivity contribution >= 4 is 23.5 Å². The van der Waals surface area contributed by atoms with E-state index in [1.165, 1.54) is 24.3 Å². The summed E-state index contributed by atoms with van der Waals surface area (Å²) in [7, 11) is 0. The van der Waals surface area contributed by atoms with Crippen LogP contribution in [0.5, 0.6) is 11.5 Å². The summed E-state index contributed by atoms with van der Waals surface area (Å²) in [6.45, 7) is 1.80. The smallest absolute Gasteiger partial charge is 0.311 e. The number of ether oxygens (including phenoxy) is 2. The summed E-state index contributed by atoms with van der Waals surface area (Å²) in [4.78, 5) is 33.6. The molecule has 0 spiro atoms. The fourth-order valence-electron chi connectivity index (χ4n) is 2.12. The highest BCUT2D eigenvalue weighted by Gasteiger charge is 2.09. The van der Waals surface area contributed by atoms with E-state index in [2.05, 4.69) is 0 Å². The van der Waals surface area contributed by atoms with Gasteiger partial charge in [-0.2, -0.15) is 0 Å². The average Bonchev–Trinajstić information content (AvgIpc) is 2.67. The van der Waals surface area contributed by atoms with Gasteiger partial charge in [0.15, 0.2) is 17.3 Å². The van der Waals surface area contributed by atoms with Crippen molar-refractivity contribution in [3.8, 4) is 11.5 Å². The molecule has 2 rings (SSSR count). The van der Waals surface area contributed by atoms with Crippen molar-refractivity contribution in [1.29, 1.82) is 0 Å². The fourth-order valence-corrected chi connectivity index (χ4v) is 2.12. The first kappa shape index (κ1) is 19.8. The number of carbonyl (C=O) groups excluding carboxylic acids is 2. The van der Waals surface area contributed by atoms with Gasteiger partial charge in [0.1, 0.15) is 0 Å². The third kappa shape index (κ3) is 6.39. The topological polar surface area (TPSA) is 95.7 Å². The van der Waals surface area contributed by atoms with E-state index in [0.717, 1.165) is 0 Å². The lowest BCUT2D eigenvalue weighted by Crippen LogP contribution is -2.08. The number of benzene rings is 2. The van der Waals surface area contributed by atoms with Gasteiger partial charge >= 0.3 is 5.97 Å². The minimum absolute atomic E-state index is 0.0360. The first-order chi connectivity index (χ1) is 13.0. The maximum atomic E-state index is 11.9. The molecular formula is C20H19NO6. The number of para-hydroxylation sites is 2. The van der Waals surface area contributed by atoms with Gasteiger partial charge in [0.2, 0.25) is 0 Å². The van der Waals surface area contributed by atoms with Crippen LogP contribution in [0.1, 0.15) is 25.3 Å². The molecule has 0 fully saturated rings. The number of esters is 1. The van der Waals surface area contributed by atoms with Crippen LogP contribution in [0.25, 0.3) is 6.08 Å². The Morgan fingerprint density at radius 3 is 2.56 bits per heavy atom. The SMILES string of the molecule is CCC(=O)Oc1ccccc1OCCC(=O)/C=C/c1cccc([N+](=O)[O-])c1. The number of hydrogen-bond acceptors (Lipinski definition) is 6. The molecule has 0 aliphatic heterocycles. The lowest BCUT2D eigenvalue weighted by Gasteiger charge is -2.10. The number of ketones is 1. The normalized spacial score (nSPS) is 10.6. The first-order valence-electron chi connectivity index (χ1n) is 8.37. The molecular weight excluding hydrogens is 350 g/mol. The van der Waals surface area contributed by atoms with E-state index in [4.69, 9.17) is 9.47 Å². The summed E-state index contributed by atoms with van der Waals surface area (Å²) in [6.07, 6.45) is 3.23. The highest BCUT2D eigenvalue weighted by atomic mass is 16.6. The molecule has 0 amide bonds. The summed E-state index contributed by atoms with van der Waals surface area (Å²) < 4.78 is 10.7. The van der Waals surface area contributed by atoms with E-state index in [1.807, 2.05) is 0 Å². The molecule has 0 saturated carbocycles. The second kappa shape index (κ2) is 9.86. The standard InChI is InChI=1S/C20H19NO6/c1-2-20(23)27-19-9-4-3-8-18(19)26-13-12-17(22)11-10-15-6-5-7-16(14-15)21(24)25/h3-11,14H,2,12-13H2,1H3/b11-10+. The lowest BCUT2D eigenvalue weighted by molar-refractivity contribution is -0.384. The molecule has 2 aromatic rings. The predicted octanol–water partition coefficient (Wildman–Crippen LogP) is 3.96. The minimum atomic E-state index is -0.490. The van der Waals surface area contributed by atoms with Gasteiger partial charge in [0.25, 0.3) is 5.69 Å². The molecule has 0 aliphatic rings. The van der Waals surface area contributed by atoms with Crippen molar-refractivity contribution in [2.45, 2.75) is 19.8 Å². The Hall–Kier alpha value is -3.48. The van der Waals surface area contributed by atoms with Crippen molar-refractivity contribution in [1.82, 2.24) is 0 Å². The van der Waals surface area contributed by atoms with Gasteiger partial charge in [-0.15, -0.1) is 0 Å². The Morgan fingerprint density at radius 1 is 1.11 bits per heavy atom. The highest BCUT2D eigenvalue weighted by Crippen LogP contribution is 2.27. The van der Waals surface area contributed by atoms with Gasteiger partial charge in [-0.1, -0.05) is 37.3 Å². The zero-order chi connectivity index (χ0) is 19.6. The van der Waals surface area contributed by atoms with E-state index >= 15 is 0 Å². The number of nitro groups is 1. The van der Waals surface area contributed by atoms with Crippen LogP contribution in [0.3, 0.4) is 0 Å². The van der Waals surface area contributed by atoms with E-state index in [9.17, 15) is 19.7 Å². The van der Waals surface area contributed by atoms with Crippen molar-refractivity contribution in [2.24, 2.45) is 0 Å². The number of nitrogens with zero attached hydrogens (tertiary/aromatic N) is 1. The summed E-state index contributed by atoms with van der Waals surface area (Å²) in [5.74, 6) is 0.130. The lowest BCUT2D eigenvalue weighted by atomic mass is 10.1. The quantitative estimate of drug-likeness (QED) is 0.218. The third-order valence-electron chi connectivity index (χ3n) is 3.51. The molecule has 7 heteroatoms. The molecule has 0 aromatic heterocycles. The second-order valence-corrected chi connectivity index (χ2v) is 5.52. The maximum Gasteiger partial charge on any atom is 0.311 e. The van der Waals surface area contributed by atoms with Crippen molar-refractivity contribution in [3.63, 3.8) is 0 Å².